The summed E-state index contributed by atoms with van der Waals surface area (Å²) in [6, 6.07) is 16.2. The molecule has 4 rings (SSSR count). The maximum absolute atomic E-state index is 5.99. The van der Waals surface area contributed by atoms with Crippen LogP contribution >= 0.6 is 11.3 Å². The van der Waals surface area contributed by atoms with Crippen molar-refractivity contribution >= 4 is 21.4 Å². The van der Waals surface area contributed by atoms with Gasteiger partial charge in [-0.05, 0) is 58.3 Å². The minimum Gasteiger partial charge on any atom is -0.330 e. The highest BCUT2D eigenvalue weighted by Gasteiger charge is 2.27. The van der Waals surface area contributed by atoms with E-state index < -0.39 is 0 Å². The molecule has 130 valence electrons. The molecule has 2 heterocycles. The fourth-order valence-corrected chi connectivity index (χ4v) is 4.64. The Labute approximate surface area is 154 Å². The number of benzene rings is 2. The number of fused-ring (bicyclic) bond motifs is 2. The van der Waals surface area contributed by atoms with E-state index in [4.69, 9.17) is 5.73 Å². The van der Waals surface area contributed by atoms with Gasteiger partial charge in [0.05, 0.1) is 0 Å². The largest absolute Gasteiger partial charge is 0.330 e. The van der Waals surface area contributed by atoms with Crippen LogP contribution in [0.5, 0.6) is 0 Å². The van der Waals surface area contributed by atoms with Crippen molar-refractivity contribution in [1.29, 1.82) is 0 Å². The minimum absolute atomic E-state index is 0.0239. The lowest BCUT2D eigenvalue weighted by Gasteiger charge is -2.34. The molecular weight excluding hydrogens is 324 g/mol. The highest BCUT2D eigenvalue weighted by Crippen LogP contribution is 2.37. The second-order valence-electron chi connectivity index (χ2n) is 7.97. The van der Waals surface area contributed by atoms with Gasteiger partial charge in [0.1, 0.15) is 0 Å². The van der Waals surface area contributed by atoms with Crippen LogP contribution in [0.15, 0.2) is 47.8 Å². The van der Waals surface area contributed by atoms with Crippen LogP contribution in [-0.4, -0.2) is 25.0 Å². The highest BCUT2D eigenvalue weighted by molar-refractivity contribution is 7.17. The summed E-state index contributed by atoms with van der Waals surface area (Å²) in [7, 11) is 2.22. The predicted octanol–water partition coefficient (Wildman–Crippen LogP) is 4.71. The zero-order valence-electron chi connectivity index (χ0n) is 15.3. The fraction of sp³-hybridized carbons (Fsp3) is 0.364. The van der Waals surface area contributed by atoms with Gasteiger partial charge < -0.3 is 10.6 Å². The van der Waals surface area contributed by atoms with Crippen molar-refractivity contribution in [2.75, 3.05) is 20.1 Å². The van der Waals surface area contributed by atoms with Crippen molar-refractivity contribution in [3.8, 4) is 0 Å². The van der Waals surface area contributed by atoms with E-state index in [0.717, 1.165) is 13.1 Å². The van der Waals surface area contributed by atoms with Crippen molar-refractivity contribution in [2.45, 2.75) is 31.7 Å². The van der Waals surface area contributed by atoms with Gasteiger partial charge in [-0.25, -0.2) is 0 Å². The molecule has 0 aliphatic carbocycles. The molecule has 1 aromatic heterocycles. The van der Waals surface area contributed by atoms with Crippen LogP contribution in [0.3, 0.4) is 0 Å². The Kier molecular flexibility index (Phi) is 4.19. The molecular formula is C22H26N2S. The van der Waals surface area contributed by atoms with Crippen LogP contribution < -0.4 is 5.73 Å². The van der Waals surface area contributed by atoms with Crippen molar-refractivity contribution < 1.29 is 0 Å². The molecule has 0 bridgehead atoms. The fourth-order valence-electron chi connectivity index (χ4n) is 3.87. The lowest BCUT2D eigenvalue weighted by molar-refractivity contribution is 0.295. The Morgan fingerprint density at radius 3 is 2.80 bits per heavy atom. The van der Waals surface area contributed by atoms with Gasteiger partial charge in [-0.2, -0.15) is 0 Å². The highest BCUT2D eigenvalue weighted by atomic mass is 32.1. The SMILES string of the molecule is CN1Cc2cc(C(C)(C)CN)ccc2C(c2ccc3sccc3c2)C1. The number of nitrogens with zero attached hydrogens (tertiary/aromatic N) is 1. The molecule has 1 unspecified atom stereocenters. The molecule has 25 heavy (non-hydrogen) atoms. The van der Waals surface area contributed by atoms with Gasteiger partial charge in [-0.1, -0.05) is 38.1 Å². The van der Waals surface area contributed by atoms with Gasteiger partial charge >= 0.3 is 0 Å². The zero-order chi connectivity index (χ0) is 17.6. The van der Waals surface area contributed by atoms with Gasteiger partial charge in [0.2, 0.25) is 0 Å². The summed E-state index contributed by atoms with van der Waals surface area (Å²) < 4.78 is 1.37. The van der Waals surface area contributed by atoms with Gasteiger partial charge in [-0.3, -0.25) is 0 Å². The number of likely N-dealkylation sites (N-methyl/N-ethyl adjacent to an activating group) is 1. The third-order valence-corrected chi connectivity index (χ3v) is 6.52. The summed E-state index contributed by atoms with van der Waals surface area (Å²) in [4.78, 5) is 2.43. The Morgan fingerprint density at radius 2 is 2.00 bits per heavy atom. The van der Waals surface area contributed by atoms with Crippen LogP contribution in [-0.2, 0) is 12.0 Å². The second-order valence-corrected chi connectivity index (χ2v) is 8.92. The lowest BCUT2D eigenvalue weighted by atomic mass is 9.79. The van der Waals surface area contributed by atoms with Crippen LogP contribution in [0.25, 0.3) is 10.1 Å². The summed E-state index contributed by atoms with van der Waals surface area (Å²) in [6.07, 6.45) is 0. The van der Waals surface area contributed by atoms with E-state index in [1.54, 1.807) is 0 Å². The molecule has 0 spiro atoms. The first-order chi connectivity index (χ1) is 12.0. The molecule has 0 saturated heterocycles. The van der Waals surface area contributed by atoms with Crippen molar-refractivity contribution in [2.24, 2.45) is 5.73 Å². The molecule has 3 aromatic rings. The average Bonchev–Trinajstić information content (AvgIpc) is 3.08. The summed E-state index contributed by atoms with van der Waals surface area (Å²) >= 11 is 1.81. The monoisotopic (exact) mass is 350 g/mol. The van der Waals surface area contributed by atoms with Crippen LogP contribution in [0.4, 0.5) is 0 Å². The number of hydrogen-bond acceptors (Lipinski definition) is 3. The molecule has 2 aromatic carbocycles. The molecule has 1 aliphatic heterocycles. The average molecular weight is 351 g/mol. The van der Waals surface area contributed by atoms with Gasteiger partial charge in [-0.15, -0.1) is 11.3 Å². The van der Waals surface area contributed by atoms with Crippen LogP contribution in [0.2, 0.25) is 0 Å². The van der Waals surface area contributed by atoms with Crippen molar-refractivity contribution in [1.82, 2.24) is 4.90 Å². The molecule has 0 radical (unpaired) electrons. The van der Waals surface area contributed by atoms with Crippen LogP contribution in [0, 0.1) is 0 Å². The minimum atomic E-state index is 0.0239. The Bertz CT molecular complexity index is 909. The first kappa shape index (κ1) is 16.8. The molecule has 2 N–H and O–H groups in total. The maximum Gasteiger partial charge on any atom is 0.0342 e. The second kappa shape index (κ2) is 6.24. The number of nitrogens with two attached hydrogens (primary N) is 1. The molecule has 0 saturated carbocycles. The van der Waals surface area contributed by atoms with E-state index in [9.17, 15) is 0 Å². The number of thiophene rings is 1. The van der Waals surface area contributed by atoms with E-state index in [1.807, 2.05) is 11.3 Å². The predicted molar refractivity (Wildman–Crippen MR) is 109 cm³/mol. The van der Waals surface area contributed by atoms with Crippen molar-refractivity contribution in [3.63, 3.8) is 0 Å². The normalized spacial score (nSPS) is 18.5. The Morgan fingerprint density at radius 1 is 1.16 bits per heavy atom. The zero-order valence-corrected chi connectivity index (χ0v) is 16.1. The quantitative estimate of drug-likeness (QED) is 0.741. The summed E-state index contributed by atoms with van der Waals surface area (Å²) in [6.45, 7) is 7.20. The Hall–Kier alpha value is -1.68. The summed E-state index contributed by atoms with van der Waals surface area (Å²) in [5.41, 5.74) is 11.7. The topological polar surface area (TPSA) is 29.3 Å². The molecule has 3 heteroatoms. The van der Waals surface area contributed by atoms with E-state index >= 15 is 0 Å². The van der Waals surface area contributed by atoms with Gasteiger partial charge in [0.15, 0.2) is 0 Å². The smallest absolute Gasteiger partial charge is 0.0342 e. The molecule has 1 aliphatic rings. The molecule has 0 amide bonds. The first-order valence-electron chi connectivity index (χ1n) is 8.97. The standard InChI is InChI=1S/C22H26N2S/c1-22(2,14-23)18-5-6-19-17(11-18)12-24(3)13-20(19)15-4-7-21-16(10-15)8-9-25-21/h4-11,20H,12-14,23H2,1-3H3. The summed E-state index contributed by atoms with van der Waals surface area (Å²) in [5, 5.41) is 3.54. The third-order valence-electron chi connectivity index (χ3n) is 5.62. The van der Waals surface area contributed by atoms with E-state index in [2.05, 4.69) is 73.6 Å². The van der Waals surface area contributed by atoms with Crippen molar-refractivity contribution in [3.05, 3.63) is 70.1 Å². The summed E-state index contributed by atoms with van der Waals surface area (Å²) in [5.74, 6) is 0.438. The molecule has 0 fully saturated rings. The van der Waals surface area contributed by atoms with Crippen LogP contribution in [0.1, 0.15) is 42.0 Å². The van der Waals surface area contributed by atoms with E-state index in [-0.39, 0.29) is 5.41 Å². The van der Waals surface area contributed by atoms with E-state index in [1.165, 1.54) is 32.3 Å². The maximum atomic E-state index is 5.99. The van der Waals surface area contributed by atoms with Gasteiger partial charge in [0, 0.05) is 35.7 Å². The number of rotatable bonds is 3. The van der Waals surface area contributed by atoms with Gasteiger partial charge in [0.25, 0.3) is 0 Å². The first-order valence-corrected chi connectivity index (χ1v) is 9.85. The molecule has 2 nitrogen and oxygen atoms in total. The molecule has 1 atom stereocenters. The Balaban J connectivity index is 1.78. The lowest BCUT2D eigenvalue weighted by Crippen LogP contribution is -2.32. The van der Waals surface area contributed by atoms with E-state index in [0.29, 0.717) is 12.5 Å². The number of hydrogen-bond donors (Lipinski definition) is 1. The third kappa shape index (κ3) is 3.01.